The van der Waals surface area contributed by atoms with E-state index in [0.29, 0.717) is 21.4 Å². The van der Waals surface area contributed by atoms with Crippen LogP contribution in [0.5, 0.6) is 0 Å². The molecule has 3 rings (SSSR count). The number of hydrogen-bond donors (Lipinski definition) is 2. The number of rotatable bonds is 3. The number of nitrogens with one attached hydrogen (secondary N) is 2. The number of nitrogens with zero attached hydrogens (tertiary/aromatic N) is 1. The Balaban J connectivity index is 1.87. The summed E-state index contributed by atoms with van der Waals surface area (Å²) in [6.07, 6.45) is 0. The minimum absolute atomic E-state index is 0.247. The molecule has 1 fully saturated rings. The molecule has 0 aliphatic carbocycles. The van der Waals surface area contributed by atoms with Crippen molar-refractivity contribution in [2.24, 2.45) is 0 Å². The molecule has 1 aliphatic heterocycles. The van der Waals surface area contributed by atoms with E-state index in [4.69, 9.17) is 16.0 Å². The highest BCUT2D eigenvalue weighted by molar-refractivity contribution is 9.10. The molecular weight excluding hydrogens is 382 g/mol. The van der Waals surface area contributed by atoms with Crippen molar-refractivity contribution in [2.45, 2.75) is 13.0 Å². The molecule has 5 nitrogen and oxygen atoms in total. The third kappa shape index (κ3) is 3.71. The van der Waals surface area contributed by atoms with Gasteiger partial charge < -0.3 is 20.0 Å². The highest BCUT2D eigenvalue weighted by atomic mass is 79.9. The SMILES string of the molecule is CC1CN(c2c(Cl)cccc2NC(=O)c2ccc(Br)o2)CCN1. The maximum absolute atomic E-state index is 12.3. The van der Waals surface area contributed by atoms with Crippen LogP contribution in [-0.4, -0.2) is 31.6 Å². The van der Waals surface area contributed by atoms with Gasteiger partial charge in [-0.25, -0.2) is 0 Å². The molecule has 1 saturated heterocycles. The minimum Gasteiger partial charge on any atom is -0.444 e. The standard InChI is InChI=1S/C16H17BrClN3O2/c1-10-9-21(8-7-19-10)15-11(18)3-2-4-12(15)20-16(22)13-5-6-14(17)23-13/h2-6,10,19H,7-9H2,1H3,(H,20,22). The molecule has 23 heavy (non-hydrogen) atoms. The van der Waals surface area contributed by atoms with Gasteiger partial charge in [-0.1, -0.05) is 17.7 Å². The van der Waals surface area contributed by atoms with Crippen molar-refractivity contribution in [1.82, 2.24) is 5.32 Å². The van der Waals surface area contributed by atoms with Gasteiger partial charge in [-0.05, 0) is 47.1 Å². The van der Waals surface area contributed by atoms with Gasteiger partial charge in [-0.15, -0.1) is 0 Å². The number of carbonyl (C=O) groups is 1. The molecule has 0 bridgehead atoms. The summed E-state index contributed by atoms with van der Waals surface area (Å²) < 4.78 is 5.82. The normalized spacial score (nSPS) is 18.0. The predicted octanol–water partition coefficient (Wildman–Crippen LogP) is 3.75. The lowest BCUT2D eigenvalue weighted by molar-refractivity contribution is 0.0995. The lowest BCUT2D eigenvalue weighted by Crippen LogP contribution is -2.49. The van der Waals surface area contributed by atoms with Crippen LogP contribution in [-0.2, 0) is 0 Å². The van der Waals surface area contributed by atoms with Crippen LogP contribution < -0.4 is 15.5 Å². The minimum atomic E-state index is -0.303. The van der Waals surface area contributed by atoms with E-state index in [9.17, 15) is 4.79 Å². The van der Waals surface area contributed by atoms with Crippen LogP contribution in [0.15, 0.2) is 39.4 Å². The fraction of sp³-hybridized carbons (Fsp3) is 0.312. The summed E-state index contributed by atoms with van der Waals surface area (Å²) in [6, 6.07) is 9.18. The molecular formula is C16H17BrClN3O2. The molecule has 1 atom stereocenters. The molecule has 7 heteroatoms. The first-order chi connectivity index (χ1) is 11.0. The Morgan fingerprint density at radius 2 is 2.26 bits per heavy atom. The van der Waals surface area contributed by atoms with Gasteiger partial charge in [-0.2, -0.15) is 0 Å². The zero-order valence-electron chi connectivity index (χ0n) is 12.6. The van der Waals surface area contributed by atoms with E-state index in [1.165, 1.54) is 0 Å². The van der Waals surface area contributed by atoms with Crippen LogP contribution >= 0.6 is 27.5 Å². The van der Waals surface area contributed by atoms with Gasteiger partial charge in [0.05, 0.1) is 16.4 Å². The number of halogens is 2. The van der Waals surface area contributed by atoms with Gasteiger partial charge in [0, 0.05) is 25.7 Å². The Labute approximate surface area is 148 Å². The van der Waals surface area contributed by atoms with E-state index < -0.39 is 0 Å². The molecule has 2 N–H and O–H groups in total. The van der Waals surface area contributed by atoms with Gasteiger partial charge in [0.15, 0.2) is 10.4 Å². The number of benzene rings is 1. The van der Waals surface area contributed by atoms with E-state index in [1.807, 2.05) is 18.2 Å². The first-order valence-corrected chi connectivity index (χ1v) is 8.55. The van der Waals surface area contributed by atoms with Crippen molar-refractivity contribution < 1.29 is 9.21 Å². The molecule has 1 amide bonds. The molecule has 122 valence electrons. The number of piperazine rings is 1. The van der Waals surface area contributed by atoms with Crippen LogP contribution in [0.25, 0.3) is 0 Å². The average molecular weight is 399 g/mol. The fourth-order valence-electron chi connectivity index (χ4n) is 2.69. The first kappa shape index (κ1) is 16.4. The highest BCUT2D eigenvalue weighted by Gasteiger charge is 2.22. The third-order valence-corrected chi connectivity index (χ3v) is 4.45. The highest BCUT2D eigenvalue weighted by Crippen LogP contribution is 2.35. The van der Waals surface area contributed by atoms with Crippen LogP contribution in [0, 0.1) is 0 Å². The zero-order valence-corrected chi connectivity index (χ0v) is 14.9. The molecule has 2 aromatic rings. The molecule has 1 aliphatic rings. The molecule has 2 heterocycles. The van der Waals surface area contributed by atoms with Crippen molar-refractivity contribution in [3.05, 3.63) is 45.8 Å². The van der Waals surface area contributed by atoms with Gasteiger partial charge >= 0.3 is 0 Å². The smallest absolute Gasteiger partial charge is 0.291 e. The zero-order chi connectivity index (χ0) is 16.4. The summed E-state index contributed by atoms with van der Waals surface area (Å²) >= 11 is 9.60. The third-order valence-electron chi connectivity index (χ3n) is 3.72. The monoisotopic (exact) mass is 397 g/mol. The Morgan fingerprint density at radius 1 is 1.43 bits per heavy atom. The lowest BCUT2D eigenvalue weighted by Gasteiger charge is -2.35. The average Bonchev–Trinajstić information content (AvgIpc) is 2.94. The summed E-state index contributed by atoms with van der Waals surface area (Å²) in [7, 11) is 0. The number of para-hydroxylation sites is 1. The Hall–Kier alpha value is -1.50. The second kappa shape index (κ2) is 6.95. The molecule has 1 aromatic heterocycles. The van der Waals surface area contributed by atoms with Crippen molar-refractivity contribution in [3.63, 3.8) is 0 Å². The van der Waals surface area contributed by atoms with Gasteiger partial charge in [0.2, 0.25) is 0 Å². The first-order valence-electron chi connectivity index (χ1n) is 7.38. The second-order valence-corrected chi connectivity index (χ2v) is 6.68. The van der Waals surface area contributed by atoms with E-state index in [-0.39, 0.29) is 11.7 Å². The summed E-state index contributed by atoms with van der Waals surface area (Å²) in [4.78, 5) is 14.5. The van der Waals surface area contributed by atoms with Gasteiger partial charge in [-0.3, -0.25) is 4.79 Å². The number of hydrogen-bond acceptors (Lipinski definition) is 4. The second-order valence-electron chi connectivity index (χ2n) is 5.50. The number of carbonyl (C=O) groups excluding carboxylic acids is 1. The van der Waals surface area contributed by atoms with Crippen LogP contribution in [0.1, 0.15) is 17.5 Å². The Bertz CT molecular complexity index is 719. The number of anilines is 2. The lowest BCUT2D eigenvalue weighted by atomic mass is 10.1. The summed E-state index contributed by atoms with van der Waals surface area (Å²) in [5.41, 5.74) is 1.53. The van der Waals surface area contributed by atoms with Crippen molar-refractivity contribution in [1.29, 1.82) is 0 Å². The maximum Gasteiger partial charge on any atom is 0.291 e. The van der Waals surface area contributed by atoms with Gasteiger partial charge in [0.25, 0.3) is 5.91 Å². The van der Waals surface area contributed by atoms with Crippen molar-refractivity contribution in [3.8, 4) is 0 Å². The summed E-state index contributed by atoms with van der Waals surface area (Å²) in [5.74, 6) is -0.0566. The topological polar surface area (TPSA) is 57.5 Å². The van der Waals surface area contributed by atoms with Gasteiger partial charge in [0.1, 0.15) is 0 Å². The summed E-state index contributed by atoms with van der Waals surface area (Å²) in [5, 5.41) is 6.91. The maximum atomic E-state index is 12.3. The fourth-order valence-corrected chi connectivity index (χ4v) is 3.29. The molecule has 1 unspecified atom stereocenters. The molecule has 0 spiro atoms. The largest absolute Gasteiger partial charge is 0.444 e. The number of amides is 1. The van der Waals surface area contributed by atoms with E-state index in [1.54, 1.807) is 12.1 Å². The van der Waals surface area contributed by atoms with Crippen LogP contribution in [0.2, 0.25) is 5.02 Å². The molecule has 0 radical (unpaired) electrons. The van der Waals surface area contributed by atoms with E-state index in [0.717, 1.165) is 25.3 Å². The quantitative estimate of drug-likeness (QED) is 0.827. The van der Waals surface area contributed by atoms with E-state index >= 15 is 0 Å². The molecule has 0 saturated carbocycles. The number of furan rings is 1. The van der Waals surface area contributed by atoms with Crippen LogP contribution in [0.4, 0.5) is 11.4 Å². The Morgan fingerprint density at radius 3 is 2.96 bits per heavy atom. The van der Waals surface area contributed by atoms with Crippen molar-refractivity contribution in [2.75, 3.05) is 29.9 Å². The van der Waals surface area contributed by atoms with E-state index in [2.05, 4.69) is 38.4 Å². The molecule has 1 aromatic carbocycles. The Kier molecular flexibility index (Phi) is 4.94. The van der Waals surface area contributed by atoms with Crippen molar-refractivity contribution >= 4 is 44.8 Å². The summed E-state index contributed by atoms with van der Waals surface area (Å²) in [6.45, 7) is 4.68. The predicted molar refractivity (Wildman–Crippen MR) is 95.5 cm³/mol. The van der Waals surface area contributed by atoms with Crippen LogP contribution in [0.3, 0.4) is 0 Å².